The molecule has 2 aliphatic heterocycles. The molecule has 0 aromatic heterocycles. The molecule has 0 aromatic carbocycles. The zero-order valence-electron chi connectivity index (χ0n) is 12.5. The van der Waals surface area contributed by atoms with Crippen LogP contribution in [0.5, 0.6) is 0 Å². The van der Waals surface area contributed by atoms with E-state index >= 15 is 0 Å². The highest BCUT2D eigenvalue weighted by atomic mass is 32.2. The molecule has 3 aliphatic rings. The first-order chi connectivity index (χ1) is 9.68. The van der Waals surface area contributed by atoms with E-state index in [1.165, 1.54) is 56.7 Å². The Morgan fingerprint density at radius 2 is 2.10 bits per heavy atom. The van der Waals surface area contributed by atoms with Crippen molar-refractivity contribution >= 4 is 22.6 Å². The van der Waals surface area contributed by atoms with E-state index in [9.17, 15) is 4.79 Å². The summed E-state index contributed by atoms with van der Waals surface area (Å²) in [6.45, 7) is 4.03. The van der Waals surface area contributed by atoms with E-state index in [4.69, 9.17) is 4.99 Å². The zero-order valence-corrected chi connectivity index (χ0v) is 13.3. The Morgan fingerprint density at radius 1 is 1.35 bits per heavy atom. The van der Waals surface area contributed by atoms with Crippen LogP contribution in [-0.4, -0.2) is 40.6 Å². The van der Waals surface area contributed by atoms with E-state index in [1.807, 2.05) is 0 Å². The molecule has 0 N–H and O–H groups in total. The Balaban J connectivity index is 2.03. The maximum atomic E-state index is 11.8. The van der Waals surface area contributed by atoms with E-state index in [0.717, 1.165) is 0 Å². The summed E-state index contributed by atoms with van der Waals surface area (Å²) in [7, 11) is 0. The predicted molar refractivity (Wildman–Crippen MR) is 85.2 cm³/mol. The van der Waals surface area contributed by atoms with Crippen LogP contribution in [0.3, 0.4) is 0 Å². The summed E-state index contributed by atoms with van der Waals surface area (Å²) in [4.78, 5) is 19.2. The summed E-state index contributed by atoms with van der Waals surface area (Å²) in [6.07, 6.45) is 11.9. The second-order valence-electron chi connectivity index (χ2n) is 6.20. The lowest BCUT2D eigenvalue weighted by molar-refractivity contribution is -0.113. The first-order valence-corrected chi connectivity index (χ1v) is 9.02. The number of aliphatic imine (C=N–C) groups is 1. The van der Waals surface area contributed by atoms with Crippen molar-refractivity contribution in [2.45, 2.75) is 51.0 Å². The molecule has 2 atom stereocenters. The van der Waals surface area contributed by atoms with Crippen molar-refractivity contribution in [2.24, 2.45) is 10.9 Å². The molecule has 2 fully saturated rings. The lowest BCUT2D eigenvalue weighted by Gasteiger charge is -2.51. The highest BCUT2D eigenvalue weighted by molar-refractivity contribution is 8.13. The molecular formula is C16H24N2OS. The van der Waals surface area contributed by atoms with Crippen LogP contribution in [0.15, 0.2) is 16.8 Å². The molecule has 1 saturated heterocycles. The Hall–Kier alpha value is -0.610. The van der Waals surface area contributed by atoms with Gasteiger partial charge in [-0.05, 0) is 51.1 Å². The maximum Gasteiger partial charge on any atom is 0.177 e. The average molecular weight is 292 g/mol. The second kappa shape index (κ2) is 5.64. The van der Waals surface area contributed by atoms with Crippen molar-refractivity contribution in [1.29, 1.82) is 0 Å². The number of hydrogen-bond acceptors (Lipinski definition) is 4. The van der Waals surface area contributed by atoms with Crippen molar-refractivity contribution in [3.05, 3.63) is 11.8 Å². The lowest BCUT2D eigenvalue weighted by Crippen LogP contribution is -2.59. The number of ketones is 1. The minimum atomic E-state index is 0.104. The van der Waals surface area contributed by atoms with Crippen molar-refractivity contribution in [2.75, 3.05) is 19.3 Å². The van der Waals surface area contributed by atoms with Crippen LogP contribution in [0.2, 0.25) is 0 Å². The Kier molecular flexibility index (Phi) is 4.04. The van der Waals surface area contributed by atoms with Gasteiger partial charge in [0.2, 0.25) is 0 Å². The van der Waals surface area contributed by atoms with Crippen molar-refractivity contribution in [3.63, 3.8) is 0 Å². The third kappa shape index (κ3) is 2.17. The van der Waals surface area contributed by atoms with E-state index < -0.39 is 0 Å². The number of carbonyl (C=O) groups excluding carboxylic acids is 1. The molecule has 20 heavy (non-hydrogen) atoms. The molecule has 0 unspecified atom stereocenters. The number of carbonyl (C=O) groups is 1. The summed E-state index contributed by atoms with van der Waals surface area (Å²) in [5, 5.41) is 1.19. The molecule has 4 heteroatoms. The SMILES string of the molecule is CSC1=NC(C(C)=O)=C[C@H]2CCCC[C@@]12N1CCCC1. The van der Waals surface area contributed by atoms with Crippen LogP contribution in [0, 0.1) is 5.92 Å². The molecule has 0 spiro atoms. The van der Waals surface area contributed by atoms with Crippen molar-refractivity contribution in [1.82, 2.24) is 4.90 Å². The molecule has 110 valence electrons. The van der Waals surface area contributed by atoms with Crippen LogP contribution in [-0.2, 0) is 4.79 Å². The number of likely N-dealkylation sites (tertiary alicyclic amines) is 1. The Bertz CT molecular complexity index is 465. The van der Waals surface area contributed by atoms with Crippen LogP contribution in [0.25, 0.3) is 0 Å². The largest absolute Gasteiger partial charge is 0.293 e. The number of rotatable bonds is 2. The van der Waals surface area contributed by atoms with Gasteiger partial charge in [-0.2, -0.15) is 0 Å². The maximum absolute atomic E-state index is 11.8. The molecule has 1 saturated carbocycles. The standard InChI is InChI=1S/C16H24N2OS/c1-12(19)14-11-13-7-3-4-8-16(13,15(17-14)20-2)18-9-5-6-10-18/h11,13H,3-10H2,1-2H3/t13-,16+/m1/s1. The van der Waals surface area contributed by atoms with Gasteiger partial charge in [-0.3, -0.25) is 9.69 Å². The predicted octanol–water partition coefficient (Wildman–Crippen LogP) is 3.26. The van der Waals surface area contributed by atoms with Gasteiger partial charge in [0.15, 0.2) is 5.78 Å². The summed E-state index contributed by atoms with van der Waals surface area (Å²) in [6, 6.07) is 0. The molecule has 1 aliphatic carbocycles. The van der Waals surface area contributed by atoms with E-state index in [2.05, 4.69) is 17.2 Å². The van der Waals surface area contributed by atoms with Gasteiger partial charge in [0, 0.05) is 12.8 Å². The molecule has 2 heterocycles. The normalized spacial score (nSPS) is 34.4. The summed E-state index contributed by atoms with van der Waals surface area (Å²) >= 11 is 1.75. The van der Waals surface area contributed by atoms with Crippen LogP contribution >= 0.6 is 11.8 Å². The Morgan fingerprint density at radius 3 is 2.75 bits per heavy atom. The average Bonchev–Trinajstić information content (AvgIpc) is 3.00. The summed E-state index contributed by atoms with van der Waals surface area (Å²) in [5.41, 5.74) is 0.795. The van der Waals surface area contributed by atoms with Gasteiger partial charge in [-0.1, -0.05) is 12.8 Å². The third-order valence-electron chi connectivity index (χ3n) is 5.11. The first-order valence-electron chi connectivity index (χ1n) is 7.79. The summed E-state index contributed by atoms with van der Waals surface area (Å²) in [5.74, 6) is 0.588. The molecule has 0 radical (unpaired) electrons. The number of thioether (sulfide) groups is 1. The van der Waals surface area contributed by atoms with Gasteiger partial charge < -0.3 is 0 Å². The van der Waals surface area contributed by atoms with E-state index in [1.54, 1.807) is 18.7 Å². The highest BCUT2D eigenvalue weighted by Crippen LogP contribution is 2.47. The highest BCUT2D eigenvalue weighted by Gasteiger charge is 2.50. The zero-order chi connectivity index (χ0) is 14.2. The number of Topliss-reactive ketones (excluding diaryl/α,β-unsaturated/α-hetero) is 1. The van der Waals surface area contributed by atoms with Crippen molar-refractivity contribution in [3.8, 4) is 0 Å². The Labute approximate surface area is 125 Å². The summed E-state index contributed by atoms with van der Waals surface area (Å²) < 4.78 is 0. The van der Waals surface area contributed by atoms with E-state index in [-0.39, 0.29) is 11.3 Å². The third-order valence-corrected chi connectivity index (χ3v) is 5.94. The molecular weight excluding hydrogens is 268 g/mol. The number of allylic oxidation sites excluding steroid dienone is 1. The first kappa shape index (κ1) is 14.3. The van der Waals surface area contributed by atoms with Gasteiger partial charge in [0.05, 0.1) is 10.6 Å². The van der Waals surface area contributed by atoms with Gasteiger partial charge >= 0.3 is 0 Å². The van der Waals surface area contributed by atoms with E-state index in [0.29, 0.717) is 11.6 Å². The number of nitrogens with zero attached hydrogens (tertiary/aromatic N) is 2. The van der Waals surface area contributed by atoms with Gasteiger partial charge in [-0.25, -0.2) is 4.99 Å². The molecule has 0 aromatic rings. The topological polar surface area (TPSA) is 32.7 Å². The van der Waals surface area contributed by atoms with Crippen LogP contribution in [0.4, 0.5) is 0 Å². The van der Waals surface area contributed by atoms with Crippen LogP contribution < -0.4 is 0 Å². The monoisotopic (exact) mass is 292 g/mol. The fourth-order valence-corrected chi connectivity index (χ4v) is 5.09. The number of hydrogen-bond donors (Lipinski definition) is 0. The minimum Gasteiger partial charge on any atom is -0.293 e. The lowest BCUT2D eigenvalue weighted by atomic mass is 9.70. The minimum absolute atomic E-state index is 0.104. The molecule has 3 rings (SSSR count). The quantitative estimate of drug-likeness (QED) is 0.783. The van der Waals surface area contributed by atoms with Gasteiger partial charge in [0.1, 0.15) is 5.70 Å². The van der Waals surface area contributed by atoms with Gasteiger partial charge in [0.25, 0.3) is 0 Å². The van der Waals surface area contributed by atoms with Crippen LogP contribution in [0.1, 0.15) is 45.4 Å². The second-order valence-corrected chi connectivity index (χ2v) is 6.99. The van der Waals surface area contributed by atoms with Crippen molar-refractivity contribution < 1.29 is 4.79 Å². The fourth-order valence-electron chi connectivity index (χ4n) is 4.17. The molecule has 0 bridgehead atoms. The number of fused-ring (bicyclic) bond motifs is 1. The van der Waals surface area contributed by atoms with Gasteiger partial charge in [-0.15, -0.1) is 11.8 Å². The smallest absolute Gasteiger partial charge is 0.177 e. The fraction of sp³-hybridized carbons (Fsp3) is 0.750. The molecule has 3 nitrogen and oxygen atoms in total. The molecule has 0 amide bonds.